The van der Waals surface area contributed by atoms with E-state index in [1.54, 1.807) is 12.1 Å². The molecular formula is C19H19ClN4O3. The lowest BCUT2D eigenvalue weighted by molar-refractivity contribution is -0.117. The Balaban J connectivity index is 0.000000313. The average Bonchev–Trinajstić information content (AvgIpc) is 3.13. The van der Waals surface area contributed by atoms with Gasteiger partial charge < -0.3 is 16.2 Å². The molecule has 0 atom stereocenters. The number of nitrogens with zero attached hydrogens (tertiary/aromatic N) is 1. The van der Waals surface area contributed by atoms with Crippen molar-refractivity contribution in [3.63, 3.8) is 0 Å². The Morgan fingerprint density at radius 2 is 1.78 bits per heavy atom. The standard InChI is InChI=1S/C13H14N4O3.C6H5Cl/c14-11(19)5-6-15-13(20)10-7-16-17-12(10)8-1-3-9(18)4-2-8;7-6-4-2-1-3-5-6/h1-4,7,18H,5-6H2,(H2,14,19)(H,15,20)(H,16,17);1-5H. The molecule has 0 saturated carbocycles. The summed E-state index contributed by atoms with van der Waals surface area (Å²) in [4.78, 5) is 22.6. The van der Waals surface area contributed by atoms with E-state index in [4.69, 9.17) is 17.3 Å². The molecule has 0 aliphatic rings. The summed E-state index contributed by atoms with van der Waals surface area (Å²) in [6.45, 7) is 0.175. The molecule has 0 saturated heterocycles. The SMILES string of the molecule is Clc1ccccc1.NC(=O)CCNC(=O)c1cn[nH]c1-c1ccc(O)cc1. The Morgan fingerprint density at radius 1 is 1.11 bits per heavy atom. The van der Waals surface area contributed by atoms with Crippen molar-refractivity contribution in [2.45, 2.75) is 6.42 Å². The third-order valence-electron chi connectivity index (χ3n) is 3.43. The van der Waals surface area contributed by atoms with Crippen LogP contribution >= 0.6 is 11.6 Å². The van der Waals surface area contributed by atoms with Crippen LogP contribution in [0.2, 0.25) is 5.02 Å². The van der Waals surface area contributed by atoms with E-state index in [0.29, 0.717) is 11.3 Å². The minimum absolute atomic E-state index is 0.0815. The number of aromatic nitrogens is 2. The number of rotatable bonds is 5. The number of carbonyl (C=O) groups excluding carboxylic acids is 2. The molecule has 8 heteroatoms. The Bertz CT molecular complexity index is 879. The van der Waals surface area contributed by atoms with Gasteiger partial charge in [-0.3, -0.25) is 14.7 Å². The predicted octanol–water partition coefficient (Wildman–Crippen LogP) is 2.73. The monoisotopic (exact) mass is 386 g/mol. The van der Waals surface area contributed by atoms with Crippen LogP contribution in [0.15, 0.2) is 60.8 Å². The number of carbonyl (C=O) groups is 2. The fourth-order valence-corrected chi connectivity index (χ4v) is 2.26. The predicted molar refractivity (Wildman–Crippen MR) is 103 cm³/mol. The molecule has 3 aromatic rings. The number of benzene rings is 2. The van der Waals surface area contributed by atoms with Crippen molar-refractivity contribution in [2.75, 3.05) is 6.54 Å². The van der Waals surface area contributed by atoms with Gasteiger partial charge in [0.25, 0.3) is 5.91 Å². The highest BCUT2D eigenvalue weighted by molar-refractivity contribution is 6.30. The van der Waals surface area contributed by atoms with E-state index in [9.17, 15) is 14.7 Å². The van der Waals surface area contributed by atoms with Crippen molar-refractivity contribution < 1.29 is 14.7 Å². The van der Waals surface area contributed by atoms with E-state index in [2.05, 4.69) is 15.5 Å². The quantitative estimate of drug-likeness (QED) is 0.538. The molecule has 3 rings (SSSR count). The number of halogens is 1. The lowest BCUT2D eigenvalue weighted by Gasteiger charge is -2.05. The number of phenols is 1. The Labute approximate surface area is 161 Å². The van der Waals surface area contributed by atoms with Crippen molar-refractivity contribution in [2.24, 2.45) is 5.73 Å². The van der Waals surface area contributed by atoms with E-state index in [1.807, 2.05) is 30.3 Å². The number of H-pyrrole nitrogens is 1. The van der Waals surface area contributed by atoms with Crippen molar-refractivity contribution in [1.82, 2.24) is 15.5 Å². The normalized spacial score (nSPS) is 9.81. The summed E-state index contributed by atoms with van der Waals surface area (Å²) in [5, 5.41) is 19.2. The van der Waals surface area contributed by atoms with Crippen LogP contribution in [0.3, 0.4) is 0 Å². The number of aromatic hydroxyl groups is 1. The van der Waals surface area contributed by atoms with E-state index in [1.165, 1.54) is 18.3 Å². The number of nitrogens with one attached hydrogen (secondary N) is 2. The van der Waals surface area contributed by atoms with Crippen molar-refractivity contribution in [3.8, 4) is 17.0 Å². The van der Waals surface area contributed by atoms with Crippen LogP contribution in [0.25, 0.3) is 11.3 Å². The molecule has 0 aliphatic carbocycles. The fourth-order valence-electron chi connectivity index (χ4n) is 2.12. The van der Waals surface area contributed by atoms with Crippen LogP contribution in [0.1, 0.15) is 16.8 Å². The van der Waals surface area contributed by atoms with Crippen molar-refractivity contribution in [3.05, 3.63) is 71.4 Å². The lowest BCUT2D eigenvalue weighted by atomic mass is 10.1. The zero-order chi connectivity index (χ0) is 19.6. The van der Waals surface area contributed by atoms with Crippen molar-refractivity contribution >= 4 is 23.4 Å². The zero-order valence-corrected chi connectivity index (χ0v) is 15.1. The number of primary amides is 1. The minimum Gasteiger partial charge on any atom is -0.508 e. The summed E-state index contributed by atoms with van der Waals surface area (Å²) < 4.78 is 0. The van der Waals surface area contributed by atoms with Gasteiger partial charge >= 0.3 is 0 Å². The Hall–Kier alpha value is -3.32. The van der Waals surface area contributed by atoms with Crippen LogP contribution in [0.5, 0.6) is 5.75 Å². The third-order valence-corrected chi connectivity index (χ3v) is 3.68. The fraction of sp³-hybridized carbons (Fsp3) is 0.105. The first-order valence-electron chi connectivity index (χ1n) is 8.07. The second-order valence-electron chi connectivity index (χ2n) is 5.47. The summed E-state index contributed by atoms with van der Waals surface area (Å²) in [5.74, 6) is -0.681. The number of phenolic OH excluding ortho intramolecular Hbond substituents is 1. The van der Waals surface area contributed by atoms with Gasteiger partial charge in [-0.15, -0.1) is 0 Å². The molecule has 0 bridgehead atoms. The summed E-state index contributed by atoms with van der Waals surface area (Å²) in [6.07, 6.45) is 1.49. The Morgan fingerprint density at radius 3 is 2.33 bits per heavy atom. The molecule has 1 aromatic heterocycles. The largest absolute Gasteiger partial charge is 0.508 e. The summed E-state index contributed by atoms with van der Waals surface area (Å²) in [5.41, 5.74) is 6.63. The number of hydrogen-bond donors (Lipinski definition) is 4. The Kier molecular flexibility index (Phi) is 7.39. The highest BCUT2D eigenvalue weighted by Crippen LogP contribution is 2.23. The average molecular weight is 387 g/mol. The van der Waals surface area contributed by atoms with Gasteiger partial charge in [0.2, 0.25) is 5.91 Å². The molecule has 0 radical (unpaired) electrons. The molecular weight excluding hydrogens is 368 g/mol. The van der Waals surface area contributed by atoms with E-state index >= 15 is 0 Å². The second-order valence-corrected chi connectivity index (χ2v) is 5.91. The number of aromatic amines is 1. The highest BCUT2D eigenvalue weighted by Gasteiger charge is 2.15. The van der Waals surface area contributed by atoms with Gasteiger partial charge in [0.15, 0.2) is 0 Å². The zero-order valence-electron chi connectivity index (χ0n) is 14.4. The lowest BCUT2D eigenvalue weighted by Crippen LogP contribution is -2.27. The van der Waals surface area contributed by atoms with E-state index in [-0.39, 0.29) is 24.6 Å². The van der Waals surface area contributed by atoms with Crippen LogP contribution < -0.4 is 11.1 Å². The molecule has 1 heterocycles. The maximum absolute atomic E-state index is 12.0. The van der Waals surface area contributed by atoms with Gasteiger partial charge in [-0.25, -0.2) is 0 Å². The number of hydrogen-bond acceptors (Lipinski definition) is 4. The number of amides is 2. The molecule has 0 aliphatic heterocycles. The first-order chi connectivity index (χ1) is 13.0. The highest BCUT2D eigenvalue weighted by atomic mass is 35.5. The maximum Gasteiger partial charge on any atom is 0.255 e. The van der Waals surface area contributed by atoms with Gasteiger partial charge in [-0.1, -0.05) is 29.8 Å². The molecule has 5 N–H and O–H groups in total. The maximum atomic E-state index is 12.0. The van der Waals surface area contributed by atoms with Gasteiger partial charge in [0.1, 0.15) is 5.75 Å². The molecule has 2 aromatic carbocycles. The minimum atomic E-state index is -0.476. The molecule has 0 fully saturated rings. The number of nitrogens with two attached hydrogens (primary N) is 1. The molecule has 0 unspecified atom stereocenters. The molecule has 140 valence electrons. The third kappa shape index (κ3) is 6.48. The van der Waals surface area contributed by atoms with Gasteiger partial charge in [0.05, 0.1) is 17.5 Å². The van der Waals surface area contributed by atoms with E-state index in [0.717, 1.165) is 10.6 Å². The van der Waals surface area contributed by atoms with Gasteiger partial charge in [-0.2, -0.15) is 5.10 Å². The first-order valence-corrected chi connectivity index (χ1v) is 8.45. The van der Waals surface area contributed by atoms with Crippen molar-refractivity contribution in [1.29, 1.82) is 0 Å². The second kappa shape index (κ2) is 9.98. The van der Waals surface area contributed by atoms with Gasteiger partial charge in [0, 0.05) is 23.6 Å². The van der Waals surface area contributed by atoms with Crippen LogP contribution in [-0.4, -0.2) is 33.7 Å². The van der Waals surface area contributed by atoms with Crippen LogP contribution in [0.4, 0.5) is 0 Å². The first kappa shape index (κ1) is 20.0. The molecule has 0 spiro atoms. The van der Waals surface area contributed by atoms with Crippen LogP contribution in [-0.2, 0) is 4.79 Å². The summed E-state index contributed by atoms with van der Waals surface area (Å²) in [7, 11) is 0. The van der Waals surface area contributed by atoms with Gasteiger partial charge in [-0.05, 0) is 36.4 Å². The smallest absolute Gasteiger partial charge is 0.255 e. The summed E-state index contributed by atoms with van der Waals surface area (Å²) >= 11 is 5.54. The molecule has 7 nitrogen and oxygen atoms in total. The summed E-state index contributed by atoms with van der Waals surface area (Å²) in [6, 6.07) is 15.8. The topological polar surface area (TPSA) is 121 Å². The molecule has 2 amide bonds. The van der Waals surface area contributed by atoms with Crippen LogP contribution in [0, 0.1) is 0 Å². The van der Waals surface area contributed by atoms with E-state index < -0.39 is 5.91 Å². The molecule has 27 heavy (non-hydrogen) atoms.